The van der Waals surface area contributed by atoms with Gasteiger partial charge >= 0.3 is 0 Å². The minimum absolute atomic E-state index is 0.368. The molecule has 4 aromatic rings. The number of hydrogen-bond donors (Lipinski definition) is 1. The molecule has 0 unspecified atom stereocenters. The molecule has 6 nitrogen and oxygen atoms in total. The molecule has 0 fully saturated rings. The van der Waals surface area contributed by atoms with Crippen LogP contribution >= 0.6 is 11.8 Å². The van der Waals surface area contributed by atoms with Crippen LogP contribution in [-0.2, 0) is 0 Å². The van der Waals surface area contributed by atoms with Crippen LogP contribution in [0, 0.1) is 0 Å². The quantitative estimate of drug-likeness (QED) is 0.518. The number of aromatic nitrogens is 4. The summed E-state index contributed by atoms with van der Waals surface area (Å²) in [5.41, 5.74) is 2.47. The van der Waals surface area contributed by atoms with Gasteiger partial charge in [0.25, 0.3) is 5.89 Å². The van der Waals surface area contributed by atoms with Gasteiger partial charge in [-0.05, 0) is 24.5 Å². The molecule has 0 aliphatic carbocycles. The van der Waals surface area contributed by atoms with Gasteiger partial charge in [0.2, 0.25) is 5.82 Å². The van der Waals surface area contributed by atoms with Gasteiger partial charge in [-0.2, -0.15) is 4.98 Å². The van der Waals surface area contributed by atoms with E-state index in [0.29, 0.717) is 23.1 Å². The molecular formula is C19H15N5OS. The van der Waals surface area contributed by atoms with Gasteiger partial charge in [0, 0.05) is 22.3 Å². The topological polar surface area (TPSA) is 76.7 Å². The zero-order chi connectivity index (χ0) is 17.8. The lowest BCUT2D eigenvalue weighted by Crippen LogP contribution is -1.97. The van der Waals surface area contributed by atoms with E-state index in [0.717, 1.165) is 16.1 Å². The Kier molecular flexibility index (Phi) is 4.61. The van der Waals surface area contributed by atoms with Crippen molar-refractivity contribution in [1.82, 2.24) is 20.1 Å². The number of hydrogen-bond acceptors (Lipinski definition) is 7. The SMILES string of the molecule is CSc1cccc(Nc2ncncc2-c2nc(-c3ccccc3)no2)c1. The molecule has 128 valence electrons. The van der Waals surface area contributed by atoms with Crippen LogP contribution < -0.4 is 5.32 Å². The first-order valence-electron chi connectivity index (χ1n) is 7.94. The maximum Gasteiger partial charge on any atom is 0.263 e. The molecule has 0 radical (unpaired) electrons. The molecule has 0 saturated heterocycles. The Balaban J connectivity index is 1.67. The van der Waals surface area contributed by atoms with E-state index in [9.17, 15) is 0 Å². The molecule has 0 atom stereocenters. The van der Waals surface area contributed by atoms with E-state index in [1.807, 2.05) is 48.7 Å². The Bertz CT molecular complexity index is 1020. The van der Waals surface area contributed by atoms with Gasteiger partial charge in [-0.1, -0.05) is 41.6 Å². The van der Waals surface area contributed by atoms with Crippen molar-refractivity contribution in [3.05, 3.63) is 67.1 Å². The van der Waals surface area contributed by atoms with Crippen molar-refractivity contribution in [2.45, 2.75) is 4.90 Å². The molecule has 26 heavy (non-hydrogen) atoms. The Morgan fingerprint density at radius 3 is 2.77 bits per heavy atom. The van der Waals surface area contributed by atoms with Crippen LogP contribution in [0.1, 0.15) is 0 Å². The summed E-state index contributed by atoms with van der Waals surface area (Å²) < 4.78 is 5.44. The summed E-state index contributed by atoms with van der Waals surface area (Å²) in [5.74, 6) is 1.51. The minimum Gasteiger partial charge on any atom is -0.339 e. The van der Waals surface area contributed by atoms with E-state index in [1.165, 1.54) is 6.33 Å². The highest BCUT2D eigenvalue weighted by molar-refractivity contribution is 7.98. The van der Waals surface area contributed by atoms with E-state index in [-0.39, 0.29) is 0 Å². The zero-order valence-electron chi connectivity index (χ0n) is 14.0. The molecule has 2 aromatic heterocycles. The van der Waals surface area contributed by atoms with E-state index in [2.05, 4.69) is 37.6 Å². The highest BCUT2D eigenvalue weighted by Crippen LogP contribution is 2.29. The van der Waals surface area contributed by atoms with Crippen LogP contribution in [0.2, 0.25) is 0 Å². The lowest BCUT2D eigenvalue weighted by molar-refractivity contribution is 0.432. The van der Waals surface area contributed by atoms with Crippen molar-refractivity contribution in [3.63, 3.8) is 0 Å². The summed E-state index contributed by atoms with van der Waals surface area (Å²) in [6, 6.07) is 17.8. The predicted octanol–water partition coefficient (Wildman–Crippen LogP) is 4.66. The van der Waals surface area contributed by atoms with Crippen molar-refractivity contribution in [2.75, 3.05) is 11.6 Å². The first-order chi connectivity index (χ1) is 12.8. The van der Waals surface area contributed by atoms with Crippen molar-refractivity contribution < 1.29 is 4.52 Å². The van der Waals surface area contributed by atoms with Crippen LogP contribution in [0.5, 0.6) is 0 Å². The highest BCUT2D eigenvalue weighted by atomic mass is 32.2. The van der Waals surface area contributed by atoms with Crippen LogP contribution in [-0.4, -0.2) is 26.4 Å². The van der Waals surface area contributed by atoms with Gasteiger partial charge in [-0.3, -0.25) is 0 Å². The number of rotatable bonds is 5. The van der Waals surface area contributed by atoms with E-state index in [1.54, 1.807) is 18.0 Å². The van der Waals surface area contributed by atoms with Crippen LogP contribution in [0.15, 0.2) is 76.5 Å². The summed E-state index contributed by atoms with van der Waals surface area (Å²) >= 11 is 1.68. The van der Waals surface area contributed by atoms with Gasteiger partial charge in [0.15, 0.2) is 0 Å². The fourth-order valence-electron chi connectivity index (χ4n) is 2.46. The average Bonchev–Trinajstić information content (AvgIpc) is 3.19. The van der Waals surface area contributed by atoms with Crippen molar-refractivity contribution >= 4 is 23.3 Å². The summed E-state index contributed by atoms with van der Waals surface area (Å²) in [5, 5.41) is 7.37. The van der Waals surface area contributed by atoms with E-state index < -0.39 is 0 Å². The molecule has 2 aromatic carbocycles. The van der Waals surface area contributed by atoms with Gasteiger partial charge in [0.1, 0.15) is 17.7 Å². The first-order valence-corrected chi connectivity index (χ1v) is 9.16. The third kappa shape index (κ3) is 3.43. The number of thioether (sulfide) groups is 1. The number of anilines is 2. The fourth-order valence-corrected chi connectivity index (χ4v) is 2.92. The molecular weight excluding hydrogens is 346 g/mol. The normalized spacial score (nSPS) is 10.7. The molecule has 0 aliphatic rings. The Morgan fingerprint density at radius 1 is 1.04 bits per heavy atom. The monoisotopic (exact) mass is 361 g/mol. The van der Waals surface area contributed by atoms with Crippen LogP contribution in [0.3, 0.4) is 0 Å². The highest BCUT2D eigenvalue weighted by Gasteiger charge is 2.15. The number of nitrogens with one attached hydrogen (secondary N) is 1. The molecule has 1 N–H and O–H groups in total. The van der Waals surface area contributed by atoms with Crippen molar-refractivity contribution in [2.24, 2.45) is 0 Å². The van der Waals surface area contributed by atoms with Gasteiger partial charge in [-0.15, -0.1) is 11.8 Å². The molecule has 0 saturated carbocycles. The van der Waals surface area contributed by atoms with Crippen LogP contribution in [0.4, 0.5) is 11.5 Å². The second-order valence-corrected chi connectivity index (χ2v) is 6.31. The predicted molar refractivity (Wildman–Crippen MR) is 102 cm³/mol. The fraction of sp³-hybridized carbons (Fsp3) is 0.0526. The van der Waals surface area contributed by atoms with Crippen LogP contribution in [0.25, 0.3) is 22.8 Å². The maximum atomic E-state index is 5.44. The number of nitrogens with zero attached hydrogens (tertiary/aromatic N) is 4. The molecule has 0 amide bonds. The average molecular weight is 361 g/mol. The van der Waals surface area contributed by atoms with Gasteiger partial charge in [0.05, 0.1) is 0 Å². The second kappa shape index (κ2) is 7.37. The first kappa shape index (κ1) is 16.3. The smallest absolute Gasteiger partial charge is 0.263 e. The summed E-state index contributed by atoms with van der Waals surface area (Å²) in [6.07, 6.45) is 5.19. The third-order valence-electron chi connectivity index (χ3n) is 3.73. The molecule has 0 bridgehead atoms. The lowest BCUT2D eigenvalue weighted by Gasteiger charge is -2.08. The summed E-state index contributed by atoms with van der Waals surface area (Å²) in [7, 11) is 0. The van der Waals surface area contributed by atoms with Crippen molar-refractivity contribution in [1.29, 1.82) is 0 Å². The Morgan fingerprint density at radius 2 is 1.92 bits per heavy atom. The second-order valence-electron chi connectivity index (χ2n) is 5.43. The molecule has 0 aliphatic heterocycles. The van der Waals surface area contributed by atoms with E-state index >= 15 is 0 Å². The molecule has 7 heteroatoms. The van der Waals surface area contributed by atoms with Gasteiger partial charge in [-0.25, -0.2) is 9.97 Å². The zero-order valence-corrected chi connectivity index (χ0v) is 14.8. The molecule has 4 rings (SSSR count). The largest absolute Gasteiger partial charge is 0.339 e. The minimum atomic E-state index is 0.368. The Labute approximate surface area is 154 Å². The standard InChI is InChI=1S/C19H15N5OS/c1-26-15-9-5-8-14(10-15)22-18-16(11-20-12-21-18)19-23-17(24-25-19)13-6-3-2-4-7-13/h2-12H,1H3,(H,20,21,22). The Hall–Kier alpha value is -3.19. The summed E-state index contributed by atoms with van der Waals surface area (Å²) in [4.78, 5) is 14.1. The summed E-state index contributed by atoms with van der Waals surface area (Å²) in [6.45, 7) is 0. The lowest BCUT2D eigenvalue weighted by atomic mass is 10.2. The number of benzene rings is 2. The molecule has 0 spiro atoms. The molecule has 2 heterocycles. The van der Waals surface area contributed by atoms with Gasteiger partial charge < -0.3 is 9.84 Å². The third-order valence-corrected chi connectivity index (χ3v) is 4.46. The maximum absolute atomic E-state index is 5.44. The van der Waals surface area contributed by atoms with Crippen molar-refractivity contribution in [3.8, 4) is 22.8 Å². The van der Waals surface area contributed by atoms with E-state index in [4.69, 9.17) is 4.52 Å².